The number of carbonyl (C=O) groups is 1. The molecule has 0 radical (unpaired) electrons. The number of nitriles is 1. The van der Waals surface area contributed by atoms with Crippen LogP contribution in [0.25, 0.3) is 10.8 Å². The van der Waals surface area contributed by atoms with E-state index in [1.807, 2.05) is 36.4 Å². The zero-order valence-electron chi connectivity index (χ0n) is 9.03. The van der Waals surface area contributed by atoms with E-state index >= 15 is 0 Å². The number of benzene rings is 2. The Morgan fingerprint density at radius 3 is 2.81 bits per heavy atom. The van der Waals surface area contributed by atoms with Crippen LogP contribution < -0.4 is 0 Å². The van der Waals surface area contributed by atoms with Gasteiger partial charge >= 0.3 is 0 Å². The molecular formula is C14H11NO. The van der Waals surface area contributed by atoms with Gasteiger partial charge in [0.2, 0.25) is 0 Å². The number of ketones is 1. The molecule has 0 bridgehead atoms. The van der Waals surface area contributed by atoms with Crippen LogP contribution in [-0.4, -0.2) is 5.78 Å². The quantitative estimate of drug-likeness (QED) is 0.713. The summed E-state index contributed by atoms with van der Waals surface area (Å²) in [7, 11) is 0. The Kier molecular flexibility index (Phi) is 2.70. The SMILES string of the molecule is CC(=O)c1cccc2ccc(CC#N)cc12. The summed E-state index contributed by atoms with van der Waals surface area (Å²) in [5.41, 5.74) is 1.67. The van der Waals surface area contributed by atoms with Crippen molar-refractivity contribution >= 4 is 16.6 Å². The van der Waals surface area contributed by atoms with E-state index in [4.69, 9.17) is 5.26 Å². The molecule has 0 atom stereocenters. The first-order chi connectivity index (χ1) is 7.72. The molecule has 2 heteroatoms. The van der Waals surface area contributed by atoms with E-state index in [1.54, 1.807) is 6.92 Å². The Morgan fingerprint density at radius 1 is 1.31 bits per heavy atom. The van der Waals surface area contributed by atoms with Crippen molar-refractivity contribution < 1.29 is 4.79 Å². The topological polar surface area (TPSA) is 40.9 Å². The van der Waals surface area contributed by atoms with Crippen LogP contribution in [-0.2, 0) is 6.42 Å². The minimum atomic E-state index is 0.0553. The van der Waals surface area contributed by atoms with Crippen LogP contribution in [0.2, 0.25) is 0 Å². The first-order valence-electron chi connectivity index (χ1n) is 5.12. The summed E-state index contributed by atoms with van der Waals surface area (Å²) < 4.78 is 0. The number of hydrogen-bond donors (Lipinski definition) is 0. The highest BCUT2D eigenvalue weighted by atomic mass is 16.1. The molecule has 2 aromatic carbocycles. The van der Waals surface area contributed by atoms with Crippen molar-refractivity contribution in [1.82, 2.24) is 0 Å². The van der Waals surface area contributed by atoms with Crippen LogP contribution in [0, 0.1) is 11.3 Å². The molecule has 0 aliphatic heterocycles. The van der Waals surface area contributed by atoms with E-state index < -0.39 is 0 Å². The van der Waals surface area contributed by atoms with Gasteiger partial charge in [-0.25, -0.2) is 0 Å². The molecule has 0 aromatic heterocycles. The zero-order valence-corrected chi connectivity index (χ0v) is 9.03. The molecule has 0 heterocycles. The van der Waals surface area contributed by atoms with Crippen molar-refractivity contribution in [3.05, 3.63) is 47.5 Å². The molecule has 0 unspecified atom stereocenters. The Bertz CT molecular complexity index is 593. The monoisotopic (exact) mass is 209 g/mol. The molecule has 0 spiro atoms. The number of carbonyl (C=O) groups excluding carboxylic acids is 1. The second kappa shape index (κ2) is 4.16. The van der Waals surface area contributed by atoms with E-state index in [0.717, 1.165) is 21.9 Å². The third-order valence-corrected chi connectivity index (χ3v) is 2.61. The maximum atomic E-state index is 11.5. The van der Waals surface area contributed by atoms with Crippen LogP contribution >= 0.6 is 0 Å². The molecule has 2 aromatic rings. The van der Waals surface area contributed by atoms with Crippen molar-refractivity contribution in [2.45, 2.75) is 13.3 Å². The summed E-state index contributed by atoms with van der Waals surface area (Å²) in [4.78, 5) is 11.5. The molecule has 78 valence electrons. The van der Waals surface area contributed by atoms with Gasteiger partial charge in [-0.05, 0) is 29.3 Å². The number of nitrogens with zero attached hydrogens (tertiary/aromatic N) is 1. The van der Waals surface area contributed by atoms with Gasteiger partial charge in [0, 0.05) is 5.56 Å². The lowest BCUT2D eigenvalue weighted by atomic mass is 9.99. The van der Waals surface area contributed by atoms with E-state index in [1.165, 1.54) is 0 Å². The normalized spacial score (nSPS) is 10.0. The van der Waals surface area contributed by atoms with Crippen LogP contribution in [0.3, 0.4) is 0 Å². The Morgan fingerprint density at radius 2 is 2.12 bits per heavy atom. The van der Waals surface area contributed by atoms with E-state index in [0.29, 0.717) is 6.42 Å². The lowest BCUT2D eigenvalue weighted by molar-refractivity contribution is 0.101. The number of hydrogen-bond acceptors (Lipinski definition) is 2. The van der Waals surface area contributed by atoms with Gasteiger partial charge in [-0.2, -0.15) is 5.26 Å². The molecule has 0 fully saturated rings. The third-order valence-electron chi connectivity index (χ3n) is 2.61. The maximum absolute atomic E-state index is 11.5. The predicted octanol–water partition coefficient (Wildman–Crippen LogP) is 3.11. The zero-order chi connectivity index (χ0) is 11.5. The Hall–Kier alpha value is -2.14. The molecule has 0 N–H and O–H groups in total. The lowest BCUT2D eigenvalue weighted by Gasteiger charge is -2.04. The lowest BCUT2D eigenvalue weighted by Crippen LogP contribution is -1.94. The molecule has 2 nitrogen and oxygen atoms in total. The highest BCUT2D eigenvalue weighted by molar-refractivity contribution is 6.07. The number of Topliss-reactive ketones (excluding diaryl/α,β-unsaturated/α-hetero) is 1. The summed E-state index contributed by atoms with van der Waals surface area (Å²) in [6, 6.07) is 13.6. The molecule has 0 saturated carbocycles. The van der Waals surface area contributed by atoms with Crippen molar-refractivity contribution in [3.63, 3.8) is 0 Å². The fourth-order valence-electron chi connectivity index (χ4n) is 1.83. The molecule has 0 amide bonds. The van der Waals surface area contributed by atoms with Gasteiger partial charge in [0.05, 0.1) is 12.5 Å². The fraction of sp³-hybridized carbons (Fsp3) is 0.143. The largest absolute Gasteiger partial charge is 0.294 e. The maximum Gasteiger partial charge on any atom is 0.160 e. The van der Waals surface area contributed by atoms with Gasteiger partial charge < -0.3 is 0 Å². The Balaban J connectivity index is 2.69. The smallest absolute Gasteiger partial charge is 0.160 e. The minimum absolute atomic E-state index is 0.0553. The Labute approximate surface area is 94.1 Å². The molecule has 0 aliphatic rings. The van der Waals surface area contributed by atoms with Crippen LogP contribution in [0.1, 0.15) is 22.8 Å². The summed E-state index contributed by atoms with van der Waals surface area (Å²) in [6.45, 7) is 1.56. The highest BCUT2D eigenvalue weighted by Gasteiger charge is 2.05. The molecule has 16 heavy (non-hydrogen) atoms. The van der Waals surface area contributed by atoms with Crippen molar-refractivity contribution in [2.75, 3.05) is 0 Å². The molecule has 0 saturated heterocycles. The fourth-order valence-corrected chi connectivity index (χ4v) is 1.83. The summed E-state index contributed by atoms with van der Waals surface area (Å²) in [5, 5.41) is 10.6. The van der Waals surface area contributed by atoms with Gasteiger partial charge in [-0.1, -0.05) is 30.3 Å². The summed E-state index contributed by atoms with van der Waals surface area (Å²) >= 11 is 0. The van der Waals surface area contributed by atoms with Gasteiger partial charge in [-0.3, -0.25) is 4.79 Å². The first kappa shape index (κ1) is 10.4. The van der Waals surface area contributed by atoms with Gasteiger partial charge in [0.15, 0.2) is 5.78 Å². The second-order valence-corrected chi connectivity index (χ2v) is 3.75. The molecular weight excluding hydrogens is 198 g/mol. The van der Waals surface area contributed by atoms with Gasteiger partial charge in [0.25, 0.3) is 0 Å². The average Bonchev–Trinajstić information content (AvgIpc) is 2.28. The summed E-state index contributed by atoms with van der Waals surface area (Å²) in [6.07, 6.45) is 0.377. The molecule has 2 rings (SSSR count). The minimum Gasteiger partial charge on any atom is -0.294 e. The molecule has 0 aliphatic carbocycles. The number of rotatable bonds is 2. The van der Waals surface area contributed by atoms with E-state index in [-0.39, 0.29) is 5.78 Å². The van der Waals surface area contributed by atoms with Crippen LogP contribution in [0.15, 0.2) is 36.4 Å². The highest BCUT2D eigenvalue weighted by Crippen LogP contribution is 2.21. The van der Waals surface area contributed by atoms with Gasteiger partial charge in [0.1, 0.15) is 0 Å². The van der Waals surface area contributed by atoms with Crippen molar-refractivity contribution in [1.29, 1.82) is 5.26 Å². The standard InChI is InChI=1S/C14H11NO/c1-10(16)13-4-2-3-12-6-5-11(7-8-15)9-14(12)13/h2-6,9H,7H2,1H3. The predicted molar refractivity (Wildman–Crippen MR) is 63.3 cm³/mol. The summed E-state index contributed by atoms with van der Waals surface area (Å²) in [5.74, 6) is 0.0553. The van der Waals surface area contributed by atoms with Crippen LogP contribution in [0.5, 0.6) is 0 Å². The van der Waals surface area contributed by atoms with E-state index in [9.17, 15) is 4.79 Å². The number of fused-ring (bicyclic) bond motifs is 1. The first-order valence-corrected chi connectivity index (χ1v) is 5.12. The third kappa shape index (κ3) is 1.80. The van der Waals surface area contributed by atoms with Crippen molar-refractivity contribution in [3.8, 4) is 6.07 Å². The van der Waals surface area contributed by atoms with Crippen LogP contribution in [0.4, 0.5) is 0 Å². The van der Waals surface area contributed by atoms with E-state index in [2.05, 4.69) is 6.07 Å². The van der Waals surface area contributed by atoms with Crippen molar-refractivity contribution in [2.24, 2.45) is 0 Å². The van der Waals surface area contributed by atoms with Gasteiger partial charge in [-0.15, -0.1) is 0 Å². The second-order valence-electron chi connectivity index (χ2n) is 3.75. The average molecular weight is 209 g/mol.